The second kappa shape index (κ2) is 6.67. The van der Waals surface area contributed by atoms with Gasteiger partial charge in [0.25, 0.3) is 0 Å². The summed E-state index contributed by atoms with van der Waals surface area (Å²) in [5, 5.41) is 0. The molecule has 2 aromatic rings. The second-order valence-corrected chi connectivity index (χ2v) is 7.27. The maximum atomic E-state index is 13.3. The van der Waals surface area contributed by atoms with Crippen molar-refractivity contribution in [3.63, 3.8) is 0 Å². The molecule has 2 aromatic carbocycles. The Labute approximate surface area is 154 Å². The number of methoxy groups -OCH3 is 2. The number of benzene rings is 2. The number of carbonyl (C=O) groups excluding carboxylic acids is 1. The van der Waals surface area contributed by atoms with E-state index in [-0.39, 0.29) is 17.4 Å². The molecule has 26 heavy (non-hydrogen) atoms. The summed E-state index contributed by atoms with van der Waals surface area (Å²) in [6.07, 6.45) is 5.46. The van der Waals surface area contributed by atoms with Crippen molar-refractivity contribution >= 4 is 11.6 Å². The summed E-state index contributed by atoms with van der Waals surface area (Å²) in [7, 11) is 3.33. The summed E-state index contributed by atoms with van der Waals surface area (Å²) >= 11 is 0. The lowest BCUT2D eigenvalue weighted by molar-refractivity contribution is -0.143. The maximum Gasteiger partial charge on any atom is 0.236 e. The van der Waals surface area contributed by atoms with E-state index in [0.717, 1.165) is 42.9 Å². The fraction of sp³-hybridized carbons (Fsp3) is 0.409. The Balaban J connectivity index is 1.72. The summed E-state index contributed by atoms with van der Waals surface area (Å²) < 4.78 is 10.6. The molecule has 136 valence electrons. The van der Waals surface area contributed by atoms with Gasteiger partial charge in [-0.1, -0.05) is 31.4 Å². The Morgan fingerprint density at radius 2 is 1.38 bits per heavy atom. The molecule has 0 unspecified atom stereocenters. The van der Waals surface area contributed by atoms with Gasteiger partial charge in [-0.2, -0.15) is 0 Å². The van der Waals surface area contributed by atoms with Crippen LogP contribution in [-0.4, -0.2) is 20.1 Å². The number of rotatable bonds is 4. The fourth-order valence-electron chi connectivity index (χ4n) is 4.59. The van der Waals surface area contributed by atoms with E-state index in [1.807, 2.05) is 41.3 Å². The van der Waals surface area contributed by atoms with Crippen LogP contribution in [0.2, 0.25) is 0 Å². The molecule has 4 nitrogen and oxygen atoms in total. The second-order valence-electron chi connectivity index (χ2n) is 7.27. The Morgan fingerprint density at radius 1 is 0.846 bits per heavy atom. The van der Waals surface area contributed by atoms with Crippen molar-refractivity contribution in [1.82, 2.24) is 0 Å². The van der Waals surface area contributed by atoms with Gasteiger partial charge in [0.15, 0.2) is 0 Å². The van der Waals surface area contributed by atoms with Crippen molar-refractivity contribution in [3.05, 3.63) is 54.1 Å². The Morgan fingerprint density at radius 3 is 1.92 bits per heavy atom. The fourth-order valence-corrected chi connectivity index (χ4v) is 4.59. The monoisotopic (exact) mass is 351 g/mol. The summed E-state index contributed by atoms with van der Waals surface area (Å²) in [4.78, 5) is 15.2. The zero-order valence-electron chi connectivity index (χ0n) is 15.4. The normalized spacial score (nSPS) is 21.4. The molecule has 0 aromatic heterocycles. The van der Waals surface area contributed by atoms with Crippen LogP contribution in [0.15, 0.2) is 48.5 Å². The van der Waals surface area contributed by atoms with E-state index in [9.17, 15) is 4.79 Å². The first kappa shape index (κ1) is 17.0. The first-order chi connectivity index (χ1) is 12.7. The zero-order chi connectivity index (χ0) is 18.1. The van der Waals surface area contributed by atoms with Crippen LogP contribution >= 0.6 is 0 Å². The van der Waals surface area contributed by atoms with Crippen LogP contribution in [0.4, 0.5) is 5.69 Å². The molecule has 4 rings (SSSR count). The van der Waals surface area contributed by atoms with Crippen molar-refractivity contribution in [2.45, 2.75) is 38.1 Å². The number of hydrogen-bond donors (Lipinski definition) is 0. The van der Waals surface area contributed by atoms with Gasteiger partial charge >= 0.3 is 0 Å². The molecule has 1 spiro atoms. The molecule has 1 saturated heterocycles. The third kappa shape index (κ3) is 2.56. The third-order valence-corrected chi connectivity index (χ3v) is 5.95. The van der Waals surface area contributed by atoms with E-state index in [4.69, 9.17) is 9.47 Å². The van der Waals surface area contributed by atoms with E-state index in [0.29, 0.717) is 0 Å². The highest BCUT2D eigenvalue weighted by atomic mass is 16.5. The van der Waals surface area contributed by atoms with Crippen LogP contribution in [-0.2, 0) is 4.79 Å². The lowest BCUT2D eigenvalue weighted by atomic mass is 9.60. The van der Waals surface area contributed by atoms with Gasteiger partial charge in [-0.25, -0.2) is 0 Å². The van der Waals surface area contributed by atoms with Gasteiger partial charge in [-0.15, -0.1) is 0 Å². The van der Waals surface area contributed by atoms with Crippen LogP contribution in [0.3, 0.4) is 0 Å². The Hall–Kier alpha value is -2.49. The molecule has 4 heteroatoms. The molecule has 2 fully saturated rings. The van der Waals surface area contributed by atoms with Crippen LogP contribution in [0, 0.1) is 5.41 Å². The molecular formula is C22H25NO3. The van der Waals surface area contributed by atoms with E-state index < -0.39 is 0 Å². The molecule has 1 aliphatic heterocycles. The SMILES string of the molecule is COc1ccc([C@@H]2N(c3ccc(OC)cc3)C(=O)C23CCCCC3)cc1. The lowest BCUT2D eigenvalue weighted by Gasteiger charge is -2.58. The minimum Gasteiger partial charge on any atom is -0.497 e. The zero-order valence-corrected chi connectivity index (χ0v) is 15.4. The molecule has 1 heterocycles. The molecule has 0 N–H and O–H groups in total. The maximum absolute atomic E-state index is 13.3. The number of carbonyl (C=O) groups is 1. The molecule has 2 aliphatic rings. The minimum absolute atomic E-state index is 0.0922. The van der Waals surface area contributed by atoms with Gasteiger partial charge in [0.1, 0.15) is 11.5 Å². The van der Waals surface area contributed by atoms with Crippen molar-refractivity contribution in [1.29, 1.82) is 0 Å². The van der Waals surface area contributed by atoms with Gasteiger partial charge < -0.3 is 14.4 Å². The topological polar surface area (TPSA) is 38.8 Å². The summed E-state index contributed by atoms with van der Waals surface area (Å²) in [5.41, 5.74) is 1.88. The number of anilines is 1. The van der Waals surface area contributed by atoms with Crippen LogP contribution in [0.1, 0.15) is 43.7 Å². The number of amides is 1. The molecule has 0 bridgehead atoms. The first-order valence-corrected chi connectivity index (χ1v) is 9.31. The highest BCUT2D eigenvalue weighted by Gasteiger charge is 2.61. The van der Waals surface area contributed by atoms with Crippen molar-refractivity contribution in [3.8, 4) is 11.5 Å². The molecule has 1 atom stereocenters. The van der Waals surface area contributed by atoms with E-state index >= 15 is 0 Å². The van der Waals surface area contributed by atoms with E-state index in [2.05, 4.69) is 12.1 Å². The number of ether oxygens (including phenoxy) is 2. The molecule has 1 saturated carbocycles. The quantitative estimate of drug-likeness (QED) is 0.747. The van der Waals surface area contributed by atoms with E-state index in [1.54, 1.807) is 14.2 Å². The molecule has 1 aliphatic carbocycles. The predicted molar refractivity (Wildman–Crippen MR) is 102 cm³/mol. The van der Waals surface area contributed by atoms with Crippen molar-refractivity contribution in [2.24, 2.45) is 5.41 Å². The largest absolute Gasteiger partial charge is 0.497 e. The summed E-state index contributed by atoms with van der Waals surface area (Å²) in [6, 6.07) is 16.0. The van der Waals surface area contributed by atoms with Crippen molar-refractivity contribution in [2.75, 3.05) is 19.1 Å². The third-order valence-electron chi connectivity index (χ3n) is 5.95. The van der Waals surface area contributed by atoms with Crippen LogP contribution in [0.5, 0.6) is 11.5 Å². The van der Waals surface area contributed by atoms with Gasteiger partial charge in [0.05, 0.1) is 25.7 Å². The van der Waals surface area contributed by atoms with E-state index in [1.165, 1.54) is 12.0 Å². The first-order valence-electron chi connectivity index (χ1n) is 9.31. The predicted octanol–water partition coefficient (Wildman–Crippen LogP) is 4.74. The molecule has 1 amide bonds. The molecular weight excluding hydrogens is 326 g/mol. The standard InChI is InChI=1S/C22H25NO3/c1-25-18-10-6-16(7-11-18)20-22(14-4-3-5-15-22)21(24)23(20)17-8-12-19(26-2)13-9-17/h6-13,20H,3-5,14-15H2,1-2H3/t20-/m0/s1. The highest BCUT2D eigenvalue weighted by molar-refractivity contribution is 6.06. The van der Waals surface area contributed by atoms with Gasteiger partial charge in [0.2, 0.25) is 5.91 Å². The Kier molecular flexibility index (Phi) is 4.35. The van der Waals surface area contributed by atoms with Gasteiger partial charge in [-0.3, -0.25) is 4.79 Å². The molecule has 0 radical (unpaired) electrons. The van der Waals surface area contributed by atoms with Crippen LogP contribution in [0.25, 0.3) is 0 Å². The van der Waals surface area contributed by atoms with Crippen molar-refractivity contribution < 1.29 is 14.3 Å². The number of β-lactam (4-membered cyclic amide) rings is 1. The number of hydrogen-bond acceptors (Lipinski definition) is 3. The summed E-state index contributed by atoms with van der Waals surface area (Å²) in [5.74, 6) is 1.91. The van der Waals surface area contributed by atoms with Crippen LogP contribution < -0.4 is 14.4 Å². The lowest BCUT2D eigenvalue weighted by Crippen LogP contribution is -2.64. The average molecular weight is 351 g/mol. The average Bonchev–Trinajstić information content (AvgIpc) is 2.72. The summed E-state index contributed by atoms with van der Waals surface area (Å²) in [6.45, 7) is 0. The van der Waals surface area contributed by atoms with Gasteiger partial charge in [-0.05, 0) is 54.8 Å². The smallest absolute Gasteiger partial charge is 0.236 e. The Bertz CT molecular complexity index is 776. The minimum atomic E-state index is -0.243. The number of nitrogens with zero attached hydrogens (tertiary/aromatic N) is 1. The highest BCUT2D eigenvalue weighted by Crippen LogP contribution is 2.59. The van der Waals surface area contributed by atoms with Gasteiger partial charge in [0, 0.05) is 5.69 Å².